The highest BCUT2D eigenvalue weighted by molar-refractivity contribution is 9.11. The summed E-state index contributed by atoms with van der Waals surface area (Å²) in [5.41, 5.74) is 0. The number of rotatable bonds is 3. The minimum absolute atomic E-state index is 0.115. The van der Waals surface area contributed by atoms with Gasteiger partial charge < -0.3 is 10.0 Å². The first-order valence-corrected chi connectivity index (χ1v) is 7.62. The minimum atomic E-state index is -0.816. The van der Waals surface area contributed by atoms with Crippen molar-refractivity contribution in [2.24, 2.45) is 5.92 Å². The van der Waals surface area contributed by atoms with Crippen molar-refractivity contribution in [3.8, 4) is 0 Å². The molecule has 0 spiro atoms. The second-order valence-electron chi connectivity index (χ2n) is 4.44. The molecular formula is C13H14BrNO3S. The van der Waals surface area contributed by atoms with Crippen LogP contribution in [-0.4, -0.2) is 35.0 Å². The zero-order chi connectivity index (χ0) is 13.8. The summed E-state index contributed by atoms with van der Waals surface area (Å²) in [6.45, 7) is 0.952. The van der Waals surface area contributed by atoms with Crippen LogP contribution in [0.1, 0.15) is 17.7 Å². The van der Waals surface area contributed by atoms with Gasteiger partial charge in [0.25, 0.3) is 0 Å². The van der Waals surface area contributed by atoms with Crippen LogP contribution in [-0.2, 0) is 9.59 Å². The lowest BCUT2D eigenvalue weighted by Gasteiger charge is -2.29. The van der Waals surface area contributed by atoms with Crippen LogP contribution in [0.15, 0.2) is 22.0 Å². The van der Waals surface area contributed by atoms with Crippen LogP contribution in [0.25, 0.3) is 6.08 Å². The maximum Gasteiger partial charge on any atom is 0.308 e. The normalized spacial score (nSPS) is 19.8. The van der Waals surface area contributed by atoms with Crippen molar-refractivity contribution >= 4 is 45.2 Å². The number of carbonyl (C=O) groups excluding carboxylic acids is 1. The van der Waals surface area contributed by atoms with Gasteiger partial charge in [0.2, 0.25) is 5.91 Å². The highest BCUT2D eigenvalue weighted by atomic mass is 79.9. The van der Waals surface area contributed by atoms with E-state index in [4.69, 9.17) is 5.11 Å². The van der Waals surface area contributed by atoms with Crippen molar-refractivity contribution in [3.05, 3.63) is 26.9 Å². The van der Waals surface area contributed by atoms with Gasteiger partial charge in [0.15, 0.2) is 0 Å². The molecule has 1 unspecified atom stereocenters. The number of halogens is 1. The van der Waals surface area contributed by atoms with E-state index in [-0.39, 0.29) is 5.91 Å². The van der Waals surface area contributed by atoms with E-state index in [0.717, 1.165) is 15.1 Å². The third-order valence-electron chi connectivity index (χ3n) is 3.07. The molecule has 6 heteroatoms. The second-order valence-corrected chi connectivity index (χ2v) is 6.93. The van der Waals surface area contributed by atoms with Gasteiger partial charge in [-0.2, -0.15) is 0 Å². The van der Waals surface area contributed by atoms with Crippen LogP contribution in [0.4, 0.5) is 0 Å². The first-order valence-electron chi connectivity index (χ1n) is 6.01. The van der Waals surface area contributed by atoms with Gasteiger partial charge >= 0.3 is 5.97 Å². The zero-order valence-corrected chi connectivity index (χ0v) is 12.6. The van der Waals surface area contributed by atoms with Crippen LogP contribution in [0.2, 0.25) is 0 Å². The molecule has 1 saturated heterocycles. The SMILES string of the molecule is O=C(O)C1CCCN(C(=O)/C=C/c2ccc(Br)s2)C1. The third kappa shape index (κ3) is 3.91. The van der Waals surface area contributed by atoms with E-state index in [0.29, 0.717) is 19.5 Å². The number of nitrogens with zero attached hydrogens (tertiary/aromatic N) is 1. The van der Waals surface area contributed by atoms with Crippen LogP contribution >= 0.6 is 27.3 Å². The Morgan fingerprint density at radius 2 is 2.26 bits per heavy atom. The fourth-order valence-electron chi connectivity index (χ4n) is 2.06. The lowest BCUT2D eigenvalue weighted by atomic mass is 9.98. The Labute approximate surface area is 123 Å². The fraction of sp³-hybridized carbons (Fsp3) is 0.385. The van der Waals surface area contributed by atoms with Gasteiger partial charge in [-0.25, -0.2) is 0 Å². The molecule has 19 heavy (non-hydrogen) atoms. The van der Waals surface area contributed by atoms with Crippen molar-refractivity contribution < 1.29 is 14.7 Å². The van der Waals surface area contributed by atoms with E-state index in [9.17, 15) is 9.59 Å². The molecule has 4 nitrogen and oxygen atoms in total. The van der Waals surface area contributed by atoms with E-state index < -0.39 is 11.9 Å². The predicted molar refractivity (Wildman–Crippen MR) is 78.0 cm³/mol. The Balaban J connectivity index is 1.96. The van der Waals surface area contributed by atoms with E-state index in [1.54, 1.807) is 22.3 Å². The van der Waals surface area contributed by atoms with E-state index in [1.807, 2.05) is 12.1 Å². The summed E-state index contributed by atoms with van der Waals surface area (Å²) in [6, 6.07) is 3.85. The number of carbonyl (C=O) groups is 2. The maximum absolute atomic E-state index is 12.0. The summed E-state index contributed by atoms with van der Waals surface area (Å²) in [6.07, 6.45) is 4.69. The van der Waals surface area contributed by atoms with E-state index in [2.05, 4.69) is 15.9 Å². The summed E-state index contributed by atoms with van der Waals surface area (Å²) in [5, 5.41) is 8.99. The van der Waals surface area contributed by atoms with Gasteiger partial charge in [-0.3, -0.25) is 9.59 Å². The highest BCUT2D eigenvalue weighted by Crippen LogP contribution is 2.23. The van der Waals surface area contributed by atoms with E-state index >= 15 is 0 Å². The number of amides is 1. The standard InChI is InChI=1S/C13H14BrNO3S/c14-11-5-3-10(19-11)4-6-12(16)15-7-1-2-9(8-15)13(17)18/h3-6,9H,1-2,7-8H2,(H,17,18)/b6-4+. The third-order valence-corrected chi connectivity index (χ3v) is 4.66. The molecule has 2 heterocycles. The number of aliphatic carboxylic acids is 1. The molecule has 1 aliphatic rings. The summed E-state index contributed by atoms with van der Waals surface area (Å²) in [5.74, 6) is -1.36. The van der Waals surface area contributed by atoms with Crippen molar-refractivity contribution in [2.45, 2.75) is 12.8 Å². The number of carboxylic acids is 1. The van der Waals surface area contributed by atoms with Gasteiger partial charge in [-0.05, 0) is 47.0 Å². The van der Waals surface area contributed by atoms with Crippen molar-refractivity contribution in [1.29, 1.82) is 0 Å². The molecule has 102 valence electrons. The molecule has 0 radical (unpaired) electrons. The number of hydrogen-bond acceptors (Lipinski definition) is 3. The van der Waals surface area contributed by atoms with Crippen LogP contribution < -0.4 is 0 Å². The Morgan fingerprint density at radius 3 is 2.89 bits per heavy atom. The number of piperidine rings is 1. The summed E-state index contributed by atoms with van der Waals surface area (Å²) in [4.78, 5) is 25.5. The Hall–Kier alpha value is -1.14. The average molecular weight is 344 g/mol. The number of thiophene rings is 1. The number of hydrogen-bond donors (Lipinski definition) is 1. The topological polar surface area (TPSA) is 57.6 Å². The maximum atomic E-state index is 12.0. The molecule has 1 fully saturated rings. The monoisotopic (exact) mass is 343 g/mol. The van der Waals surface area contributed by atoms with Gasteiger partial charge in [-0.15, -0.1) is 11.3 Å². The summed E-state index contributed by atoms with van der Waals surface area (Å²) < 4.78 is 1.02. The largest absolute Gasteiger partial charge is 0.481 e. The predicted octanol–water partition coefficient (Wildman–Crippen LogP) is 2.85. The molecule has 1 N–H and O–H groups in total. The van der Waals surface area contributed by atoms with Crippen LogP contribution in [0.3, 0.4) is 0 Å². The highest BCUT2D eigenvalue weighted by Gasteiger charge is 2.27. The Morgan fingerprint density at radius 1 is 1.47 bits per heavy atom. The van der Waals surface area contributed by atoms with Crippen LogP contribution in [0.5, 0.6) is 0 Å². The molecule has 1 aromatic rings. The summed E-state index contributed by atoms with van der Waals surface area (Å²) >= 11 is 4.91. The van der Waals surface area contributed by atoms with Crippen LogP contribution in [0, 0.1) is 5.92 Å². The molecule has 1 amide bonds. The molecule has 1 atom stereocenters. The number of carboxylic acid groups (broad SMARTS) is 1. The molecule has 1 aromatic heterocycles. The molecule has 0 aromatic carbocycles. The lowest BCUT2D eigenvalue weighted by molar-refractivity contribution is -0.144. The zero-order valence-electron chi connectivity index (χ0n) is 10.2. The molecular weight excluding hydrogens is 330 g/mol. The van der Waals surface area contributed by atoms with Crippen molar-refractivity contribution in [3.63, 3.8) is 0 Å². The lowest BCUT2D eigenvalue weighted by Crippen LogP contribution is -2.41. The molecule has 0 aliphatic carbocycles. The van der Waals surface area contributed by atoms with Gasteiger partial charge in [-0.1, -0.05) is 0 Å². The Bertz CT molecular complexity index is 512. The van der Waals surface area contributed by atoms with Crippen molar-refractivity contribution in [2.75, 3.05) is 13.1 Å². The quantitative estimate of drug-likeness (QED) is 0.858. The minimum Gasteiger partial charge on any atom is -0.481 e. The Kier molecular flexibility index (Phi) is 4.76. The van der Waals surface area contributed by atoms with Gasteiger partial charge in [0.05, 0.1) is 9.70 Å². The first-order chi connectivity index (χ1) is 9.06. The smallest absolute Gasteiger partial charge is 0.308 e. The van der Waals surface area contributed by atoms with Gasteiger partial charge in [0, 0.05) is 24.0 Å². The number of likely N-dealkylation sites (tertiary alicyclic amines) is 1. The molecule has 0 saturated carbocycles. The average Bonchev–Trinajstić information content (AvgIpc) is 2.82. The first kappa shape index (κ1) is 14.3. The van der Waals surface area contributed by atoms with Crippen molar-refractivity contribution in [1.82, 2.24) is 4.90 Å². The molecule has 2 rings (SSSR count). The fourth-order valence-corrected chi connectivity index (χ4v) is 3.38. The molecule has 0 bridgehead atoms. The van der Waals surface area contributed by atoms with Gasteiger partial charge in [0.1, 0.15) is 0 Å². The second kappa shape index (κ2) is 6.34. The van der Waals surface area contributed by atoms with E-state index in [1.165, 1.54) is 6.08 Å². The molecule has 1 aliphatic heterocycles. The summed E-state index contributed by atoms with van der Waals surface area (Å²) in [7, 11) is 0.